The Bertz CT molecular complexity index is 576. The van der Waals surface area contributed by atoms with E-state index in [-0.39, 0.29) is 24.4 Å². The molecule has 20 heavy (non-hydrogen) atoms. The molecule has 0 aliphatic rings. The van der Waals surface area contributed by atoms with Gasteiger partial charge in [-0.25, -0.2) is 0 Å². The van der Waals surface area contributed by atoms with Crippen molar-refractivity contribution < 1.29 is 9.59 Å². The van der Waals surface area contributed by atoms with Crippen LogP contribution in [0.1, 0.15) is 43.3 Å². The molecule has 2 rings (SSSR count). The normalized spacial score (nSPS) is 10.8. The first-order chi connectivity index (χ1) is 9.38. The second-order valence-corrected chi connectivity index (χ2v) is 8.39. The highest BCUT2D eigenvalue weighted by atomic mass is 79.9. The van der Waals surface area contributed by atoms with Gasteiger partial charge in [0.25, 0.3) is 0 Å². The van der Waals surface area contributed by atoms with Gasteiger partial charge in [-0.1, -0.05) is 0 Å². The Balaban J connectivity index is 1.98. The Hall–Kier alpha value is -0.715. The molecule has 2 aromatic rings. The average Bonchev–Trinajstić information content (AvgIpc) is 2.91. The smallest absolute Gasteiger partial charge is 0.173 e. The highest BCUT2D eigenvalue weighted by molar-refractivity contribution is 9.11. The average molecular weight is 369 g/mol. The van der Waals surface area contributed by atoms with Gasteiger partial charge >= 0.3 is 0 Å². The van der Waals surface area contributed by atoms with Crippen molar-refractivity contribution in [3.05, 3.63) is 36.8 Å². The van der Waals surface area contributed by atoms with Crippen LogP contribution < -0.4 is 4.78 Å². The van der Waals surface area contributed by atoms with E-state index in [1.807, 2.05) is 33.8 Å². The lowest BCUT2D eigenvalue weighted by atomic mass is 10.0. The van der Waals surface area contributed by atoms with E-state index in [2.05, 4.69) is 15.9 Å². The molecule has 0 radical (unpaired) electrons. The second kappa shape index (κ2) is 6.37. The number of hydrogen-bond donors (Lipinski definition) is 0. The molecule has 0 aliphatic heterocycles. The van der Waals surface area contributed by atoms with Gasteiger partial charge in [-0.2, -0.15) is 0 Å². The van der Waals surface area contributed by atoms with Gasteiger partial charge < -0.3 is 0 Å². The summed E-state index contributed by atoms with van der Waals surface area (Å²) in [5.74, 6) is 0.106. The molecule has 0 spiro atoms. The van der Waals surface area contributed by atoms with Crippen molar-refractivity contribution in [2.75, 3.05) is 0 Å². The molecule has 0 aliphatic carbocycles. The van der Waals surface area contributed by atoms with Gasteiger partial charge in [-0.3, -0.25) is 9.59 Å². The van der Waals surface area contributed by atoms with Crippen LogP contribution in [0.4, 0.5) is 0 Å². The fraction of sp³-hybridized carbons (Fsp3) is 0.286. The van der Waals surface area contributed by atoms with Crippen molar-refractivity contribution in [3.8, 4) is 0 Å². The maximum Gasteiger partial charge on any atom is 0.173 e. The van der Waals surface area contributed by atoms with Crippen molar-refractivity contribution >= 4 is 62.8 Å². The largest absolute Gasteiger partial charge is 0.293 e. The molecule has 0 amide bonds. The molecule has 104 valence electrons. The molecule has 0 N–H and O–H groups in total. The molecule has 0 bridgehead atoms. The number of Topliss-reactive ketones (excluding diaryl/α,β-unsaturated/α-hetero) is 2. The van der Waals surface area contributed by atoms with E-state index in [0.717, 1.165) is 29.4 Å². The van der Waals surface area contributed by atoms with Crippen LogP contribution in [0.25, 0.3) is 0 Å². The maximum absolute atomic E-state index is 12.1. The molecule has 2 aromatic heterocycles. The molecule has 2 nitrogen and oxygen atoms in total. The minimum atomic E-state index is 0.0437. The Labute approximate surface area is 135 Å². The number of thiophene rings is 2. The van der Waals surface area contributed by atoms with Gasteiger partial charge in [0.05, 0.1) is 13.5 Å². The summed E-state index contributed by atoms with van der Waals surface area (Å²) < 4.78 is 2.15. The zero-order chi connectivity index (χ0) is 14.9. The number of carbonyl (C=O) groups is 2. The van der Waals surface area contributed by atoms with Gasteiger partial charge in [0.15, 0.2) is 19.4 Å². The molecule has 0 atom stereocenters. The Morgan fingerprint density at radius 3 is 1.95 bits per heavy atom. The van der Waals surface area contributed by atoms with E-state index >= 15 is 0 Å². The summed E-state index contributed by atoms with van der Waals surface area (Å²) in [6, 6.07) is 3.79. The van der Waals surface area contributed by atoms with Crippen LogP contribution in [-0.2, 0) is 0 Å². The summed E-state index contributed by atoms with van der Waals surface area (Å²) in [4.78, 5) is 25.6. The highest BCUT2D eigenvalue weighted by Crippen LogP contribution is 2.28. The van der Waals surface area contributed by atoms with Crippen LogP contribution in [0, 0.1) is 13.8 Å². The topological polar surface area (TPSA) is 34.1 Å². The van der Waals surface area contributed by atoms with Crippen LogP contribution in [-0.4, -0.2) is 19.4 Å². The van der Waals surface area contributed by atoms with E-state index in [9.17, 15) is 9.59 Å². The third kappa shape index (κ3) is 3.48. The zero-order valence-corrected chi connectivity index (χ0v) is 14.8. The summed E-state index contributed by atoms with van der Waals surface area (Å²) in [5, 5.41) is 0. The fourth-order valence-corrected chi connectivity index (χ4v) is 4.28. The summed E-state index contributed by atoms with van der Waals surface area (Å²) in [5.41, 5.74) is 2.21. The summed E-state index contributed by atoms with van der Waals surface area (Å²) in [6.45, 7) is 3.96. The third-order valence-electron chi connectivity index (χ3n) is 3.15. The number of halogens is 1. The number of rotatable bonds is 5. The van der Waals surface area contributed by atoms with Gasteiger partial charge in [-0.15, -0.1) is 22.7 Å². The molecule has 0 unspecified atom stereocenters. The Morgan fingerprint density at radius 1 is 1.05 bits per heavy atom. The third-order valence-corrected chi connectivity index (χ3v) is 6.52. The van der Waals surface area contributed by atoms with Crippen LogP contribution >= 0.6 is 38.6 Å². The van der Waals surface area contributed by atoms with Gasteiger partial charge in [0.1, 0.15) is 0 Å². The zero-order valence-electron chi connectivity index (χ0n) is 11.6. The first kappa shape index (κ1) is 15.7. The van der Waals surface area contributed by atoms with Gasteiger partial charge in [-0.05, 0) is 57.8 Å². The number of ketones is 2. The van der Waals surface area contributed by atoms with Crippen molar-refractivity contribution in [2.24, 2.45) is 0 Å². The first-order valence-corrected chi connectivity index (χ1v) is 8.70. The van der Waals surface area contributed by atoms with E-state index in [0.29, 0.717) is 0 Å². The summed E-state index contributed by atoms with van der Waals surface area (Å²) in [7, 11) is 2.01. The minimum Gasteiger partial charge on any atom is -0.293 e. The highest BCUT2D eigenvalue weighted by Gasteiger charge is 2.15. The standard InChI is InChI=1S/C14H14BBrO2S2/c1-7-5-11(19-13(7)15)9(17)3-4-10(18)12-6-8(2)14(16)20-12/h5-6H,3-4,15H2,1-2H3. The summed E-state index contributed by atoms with van der Waals surface area (Å²) >= 11 is 6.36. The lowest BCUT2D eigenvalue weighted by Crippen LogP contribution is -2.02. The number of hydrogen-bond acceptors (Lipinski definition) is 4. The maximum atomic E-state index is 12.1. The predicted molar refractivity (Wildman–Crippen MR) is 91.9 cm³/mol. The molecule has 6 heteroatoms. The van der Waals surface area contributed by atoms with E-state index in [1.165, 1.54) is 22.7 Å². The van der Waals surface area contributed by atoms with Gasteiger partial charge in [0.2, 0.25) is 0 Å². The SMILES string of the molecule is Bc1sc(C(=O)CCC(=O)c2cc(C)c(Br)s2)cc1C. The molecular formula is C14H14BBrO2S2. The van der Waals surface area contributed by atoms with Crippen molar-refractivity contribution in [1.82, 2.24) is 0 Å². The quantitative estimate of drug-likeness (QED) is 0.599. The number of aryl methyl sites for hydroxylation is 2. The molecule has 2 heterocycles. The van der Waals surface area contributed by atoms with Crippen LogP contribution in [0.3, 0.4) is 0 Å². The van der Waals surface area contributed by atoms with Crippen LogP contribution in [0.15, 0.2) is 15.9 Å². The van der Waals surface area contributed by atoms with Crippen molar-refractivity contribution in [3.63, 3.8) is 0 Å². The van der Waals surface area contributed by atoms with E-state index in [4.69, 9.17) is 0 Å². The van der Waals surface area contributed by atoms with Crippen LogP contribution in [0.5, 0.6) is 0 Å². The van der Waals surface area contributed by atoms with Gasteiger partial charge in [0, 0.05) is 12.8 Å². The van der Waals surface area contributed by atoms with Crippen molar-refractivity contribution in [2.45, 2.75) is 26.7 Å². The molecule has 0 saturated carbocycles. The van der Waals surface area contributed by atoms with E-state index in [1.54, 1.807) is 0 Å². The molecule has 0 aromatic carbocycles. The predicted octanol–water partition coefficient (Wildman–Crippen LogP) is 3.29. The monoisotopic (exact) mass is 368 g/mol. The fourth-order valence-electron chi connectivity index (χ4n) is 1.78. The minimum absolute atomic E-state index is 0.0437. The first-order valence-electron chi connectivity index (χ1n) is 6.28. The Kier molecular flexibility index (Phi) is 4.99. The Morgan fingerprint density at radius 2 is 1.55 bits per heavy atom. The second-order valence-electron chi connectivity index (χ2n) is 4.76. The van der Waals surface area contributed by atoms with Crippen molar-refractivity contribution in [1.29, 1.82) is 0 Å². The summed E-state index contributed by atoms with van der Waals surface area (Å²) in [6.07, 6.45) is 0.564. The lowest BCUT2D eigenvalue weighted by molar-refractivity contribution is 0.0921. The molecule has 0 saturated heterocycles. The number of carbonyl (C=O) groups excluding carboxylic acids is 2. The molecular weight excluding hydrogens is 355 g/mol. The van der Waals surface area contributed by atoms with Crippen LogP contribution in [0.2, 0.25) is 0 Å². The molecule has 0 fully saturated rings. The van der Waals surface area contributed by atoms with E-state index < -0.39 is 0 Å². The lowest BCUT2D eigenvalue weighted by Gasteiger charge is -1.97.